The third-order valence-corrected chi connectivity index (χ3v) is 3.44. The van der Waals surface area contributed by atoms with Crippen LogP contribution in [0.4, 0.5) is 15.8 Å². The lowest BCUT2D eigenvalue weighted by Crippen LogP contribution is -2.16. The first-order valence-corrected chi connectivity index (χ1v) is 5.95. The second kappa shape index (κ2) is 4.50. The van der Waals surface area contributed by atoms with Crippen molar-refractivity contribution in [2.75, 3.05) is 11.1 Å². The van der Waals surface area contributed by atoms with Gasteiger partial charge in [-0.05, 0) is 31.2 Å². The molecule has 0 aromatic heterocycles. The molecule has 0 radical (unpaired) electrons. The minimum atomic E-state index is -0.426. The Hall–Kier alpha value is -0.960. The molecule has 0 saturated heterocycles. The zero-order chi connectivity index (χ0) is 11.7. The molecular formula is C12H16ClFN2. The average Bonchev–Trinajstić information content (AvgIpc) is 2.60. The first-order chi connectivity index (χ1) is 7.56. The van der Waals surface area contributed by atoms with E-state index < -0.39 is 5.82 Å². The molecule has 4 heteroatoms. The lowest BCUT2D eigenvalue weighted by atomic mass is 10.1. The van der Waals surface area contributed by atoms with Gasteiger partial charge in [0.2, 0.25) is 0 Å². The molecule has 2 unspecified atom stereocenters. The maximum atomic E-state index is 13.3. The third kappa shape index (κ3) is 2.40. The summed E-state index contributed by atoms with van der Waals surface area (Å²) in [4.78, 5) is 0. The molecule has 0 heterocycles. The van der Waals surface area contributed by atoms with E-state index in [2.05, 4.69) is 12.2 Å². The smallest absolute Gasteiger partial charge is 0.143 e. The molecular weight excluding hydrogens is 227 g/mol. The van der Waals surface area contributed by atoms with Crippen LogP contribution in [-0.2, 0) is 0 Å². The highest BCUT2D eigenvalue weighted by Gasteiger charge is 2.21. The van der Waals surface area contributed by atoms with Crippen LogP contribution in [0.2, 0.25) is 5.02 Å². The van der Waals surface area contributed by atoms with E-state index >= 15 is 0 Å². The predicted octanol–water partition coefficient (Wildman–Crippen LogP) is 3.66. The molecule has 0 bridgehead atoms. The number of nitrogen functional groups attached to an aromatic ring is 1. The fraction of sp³-hybridized carbons (Fsp3) is 0.500. The molecule has 1 fully saturated rings. The van der Waals surface area contributed by atoms with Gasteiger partial charge in [0.25, 0.3) is 0 Å². The summed E-state index contributed by atoms with van der Waals surface area (Å²) in [6, 6.07) is 3.23. The first-order valence-electron chi connectivity index (χ1n) is 5.57. The monoisotopic (exact) mass is 242 g/mol. The number of benzene rings is 1. The summed E-state index contributed by atoms with van der Waals surface area (Å²) in [6.45, 7) is 2.23. The number of halogens is 2. The molecule has 2 rings (SSSR count). The normalized spacial score (nSPS) is 24.7. The average molecular weight is 243 g/mol. The molecule has 0 aliphatic heterocycles. The summed E-state index contributed by atoms with van der Waals surface area (Å²) < 4.78 is 13.3. The lowest BCUT2D eigenvalue weighted by Gasteiger charge is -2.16. The van der Waals surface area contributed by atoms with Crippen LogP contribution < -0.4 is 11.1 Å². The molecule has 1 aromatic rings. The Labute approximate surface area is 100.0 Å². The van der Waals surface area contributed by atoms with Crippen molar-refractivity contribution in [2.45, 2.75) is 32.2 Å². The molecule has 2 nitrogen and oxygen atoms in total. The van der Waals surface area contributed by atoms with Crippen LogP contribution >= 0.6 is 11.6 Å². The van der Waals surface area contributed by atoms with E-state index in [-0.39, 0.29) is 5.02 Å². The summed E-state index contributed by atoms with van der Waals surface area (Å²) in [5, 5.41) is 3.36. The Balaban J connectivity index is 2.12. The van der Waals surface area contributed by atoms with Crippen molar-refractivity contribution in [1.82, 2.24) is 0 Å². The number of hydrogen-bond donors (Lipinski definition) is 2. The van der Waals surface area contributed by atoms with Crippen molar-refractivity contribution < 1.29 is 4.39 Å². The van der Waals surface area contributed by atoms with Crippen molar-refractivity contribution in [3.63, 3.8) is 0 Å². The van der Waals surface area contributed by atoms with Gasteiger partial charge in [-0.15, -0.1) is 0 Å². The second-order valence-electron chi connectivity index (χ2n) is 4.61. The van der Waals surface area contributed by atoms with Crippen LogP contribution in [0.3, 0.4) is 0 Å². The number of nitrogens with one attached hydrogen (secondary N) is 1. The molecule has 1 aliphatic carbocycles. The van der Waals surface area contributed by atoms with Crippen molar-refractivity contribution in [3.8, 4) is 0 Å². The zero-order valence-electron chi connectivity index (χ0n) is 9.26. The minimum absolute atomic E-state index is 0.0721. The fourth-order valence-electron chi connectivity index (χ4n) is 2.25. The highest BCUT2D eigenvalue weighted by Crippen LogP contribution is 2.31. The lowest BCUT2D eigenvalue weighted by molar-refractivity contribution is 0.602. The molecule has 1 aromatic carbocycles. The van der Waals surface area contributed by atoms with Crippen LogP contribution in [0.5, 0.6) is 0 Å². The van der Waals surface area contributed by atoms with Crippen molar-refractivity contribution in [2.24, 2.45) is 5.92 Å². The summed E-state index contributed by atoms with van der Waals surface area (Å²) in [6.07, 6.45) is 3.45. The van der Waals surface area contributed by atoms with Gasteiger partial charge in [-0.1, -0.05) is 18.5 Å². The van der Waals surface area contributed by atoms with Crippen LogP contribution in [-0.4, -0.2) is 6.04 Å². The molecule has 1 saturated carbocycles. The van der Waals surface area contributed by atoms with Gasteiger partial charge in [0.1, 0.15) is 5.82 Å². The van der Waals surface area contributed by atoms with Crippen molar-refractivity contribution in [3.05, 3.63) is 23.0 Å². The van der Waals surface area contributed by atoms with Gasteiger partial charge in [0.05, 0.1) is 16.4 Å². The van der Waals surface area contributed by atoms with Crippen LogP contribution in [0, 0.1) is 11.7 Å². The molecule has 88 valence electrons. The van der Waals surface area contributed by atoms with E-state index in [1.807, 2.05) is 0 Å². The number of hydrogen-bond acceptors (Lipinski definition) is 2. The topological polar surface area (TPSA) is 38.0 Å². The van der Waals surface area contributed by atoms with Crippen LogP contribution in [0.1, 0.15) is 26.2 Å². The van der Waals surface area contributed by atoms with E-state index in [9.17, 15) is 4.39 Å². The number of anilines is 2. The van der Waals surface area contributed by atoms with Gasteiger partial charge in [-0.3, -0.25) is 0 Å². The summed E-state index contributed by atoms with van der Waals surface area (Å²) in [7, 11) is 0. The third-order valence-electron chi connectivity index (χ3n) is 3.15. The molecule has 2 atom stereocenters. The quantitative estimate of drug-likeness (QED) is 0.777. The van der Waals surface area contributed by atoms with E-state index in [1.165, 1.54) is 18.6 Å². The Kier molecular flexibility index (Phi) is 3.24. The fourth-order valence-corrected chi connectivity index (χ4v) is 2.42. The molecule has 0 spiro atoms. The highest BCUT2D eigenvalue weighted by molar-refractivity contribution is 6.31. The molecule has 16 heavy (non-hydrogen) atoms. The van der Waals surface area contributed by atoms with Gasteiger partial charge in [-0.25, -0.2) is 4.39 Å². The van der Waals surface area contributed by atoms with Gasteiger partial charge >= 0.3 is 0 Å². The Morgan fingerprint density at radius 3 is 2.81 bits per heavy atom. The molecule has 3 N–H and O–H groups in total. The standard InChI is InChI=1S/C12H16ClFN2/c1-7-2-3-8(4-7)16-12-6-10(14)9(13)5-11(12)15/h5-8,16H,2-4,15H2,1H3. The number of nitrogens with two attached hydrogens (primary N) is 1. The Morgan fingerprint density at radius 2 is 2.19 bits per heavy atom. The largest absolute Gasteiger partial charge is 0.397 e. The van der Waals surface area contributed by atoms with E-state index in [4.69, 9.17) is 17.3 Å². The summed E-state index contributed by atoms with van der Waals surface area (Å²) >= 11 is 5.64. The van der Waals surface area contributed by atoms with E-state index in [0.29, 0.717) is 17.4 Å². The Morgan fingerprint density at radius 1 is 1.44 bits per heavy atom. The summed E-state index contributed by atoms with van der Waals surface area (Å²) in [5.74, 6) is 0.306. The molecule has 1 aliphatic rings. The van der Waals surface area contributed by atoms with Crippen LogP contribution in [0.15, 0.2) is 12.1 Å². The minimum Gasteiger partial charge on any atom is -0.397 e. The van der Waals surface area contributed by atoms with Crippen molar-refractivity contribution >= 4 is 23.0 Å². The highest BCUT2D eigenvalue weighted by atomic mass is 35.5. The second-order valence-corrected chi connectivity index (χ2v) is 5.02. The zero-order valence-corrected chi connectivity index (χ0v) is 10.0. The van der Waals surface area contributed by atoms with Gasteiger partial charge in [-0.2, -0.15) is 0 Å². The maximum absolute atomic E-state index is 13.3. The van der Waals surface area contributed by atoms with E-state index in [0.717, 1.165) is 18.8 Å². The Bertz CT molecular complexity index is 395. The first kappa shape index (κ1) is 11.5. The van der Waals surface area contributed by atoms with E-state index in [1.54, 1.807) is 0 Å². The van der Waals surface area contributed by atoms with Gasteiger partial charge < -0.3 is 11.1 Å². The van der Waals surface area contributed by atoms with Gasteiger partial charge in [0.15, 0.2) is 0 Å². The SMILES string of the molecule is CC1CCC(Nc2cc(F)c(Cl)cc2N)C1. The number of rotatable bonds is 2. The molecule has 0 amide bonds. The van der Waals surface area contributed by atoms with Crippen molar-refractivity contribution in [1.29, 1.82) is 0 Å². The van der Waals surface area contributed by atoms with Crippen LogP contribution in [0.25, 0.3) is 0 Å². The van der Waals surface area contributed by atoms with Gasteiger partial charge in [0, 0.05) is 12.1 Å². The predicted molar refractivity (Wildman–Crippen MR) is 66.2 cm³/mol. The maximum Gasteiger partial charge on any atom is 0.143 e. The summed E-state index contributed by atoms with van der Waals surface area (Å²) in [5.41, 5.74) is 6.95.